The lowest BCUT2D eigenvalue weighted by atomic mass is 9.84. The fraction of sp³-hybridized carbons (Fsp3) is 0.353. The molecule has 0 aliphatic carbocycles. The van der Waals surface area contributed by atoms with Crippen LogP contribution in [0.4, 0.5) is 0 Å². The highest BCUT2D eigenvalue weighted by Gasteiger charge is 2.37. The van der Waals surface area contributed by atoms with E-state index in [4.69, 9.17) is 4.74 Å². The van der Waals surface area contributed by atoms with E-state index in [-0.39, 0.29) is 11.5 Å². The molecule has 0 bridgehead atoms. The Labute approximate surface area is 129 Å². The first kappa shape index (κ1) is 14.7. The van der Waals surface area contributed by atoms with Gasteiger partial charge in [0, 0.05) is 20.2 Å². The number of likely N-dealkylation sites (tertiary alicyclic amines) is 1. The smallest absolute Gasteiger partial charge is 0.255 e. The van der Waals surface area contributed by atoms with Crippen molar-refractivity contribution in [2.45, 2.75) is 18.4 Å². The number of hydrogen-bond donors (Lipinski definition) is 0. The van der Waals surface area contributed by atoms with Crippen LogP contribution >= 0.6 is 0 Å². The van der Waals surface area contributed by atoms with Gasteiger partial charge < -0.3 is 9.64 Å². The van der Waals surface area contributed by atoms with Crippen LogP contribution in [0.25, 0.3) is 0 Å². The first-order chi connectivity index (χ1) is 10.7. The largest absolute Gasteiger partial charge is 0.373 e. The highest BCUT2D eigenvalue weighted by atomic mass is 16.5. The maximum absolute atomic E-state index is 12.5. The van der Waals surface area contributed by atoms with E-state index < -0.39 is 0 Å². The van der Waals surface area contributed by atoms with E-state index in [0.29, 0.717) is 18.7 Å². The summed E-state index contributed by atoms with van der Waals surface area (Å²) in [5.74, 6) is 0.00710. The number of carbonyl (C=O) groups is 1. The van der Waals surface area contributed by atoms with Gasteiger partial charge in [0.25, 0.3) is 5.91 Å². The number of aromatic nitrogens is 2. The van der Waals surface area contributed by atoms with Crippen LogP contribution in [0.2, 0.25) is 0 Å². The summed E-state index contributed by atoms with van der Waals surface area (Å²) in [6.45, 7) is 1.34. The van der Waals surface area contributed by atoms with Gasteiger partial charge in [-0.05, 0) is 24.5 Å². The van der Waals surface area contributed by atoms with Gasteiger partial charge in [0.15, 0.2) is 0 Å². The van der Waals surface area contributed by atoms with Gasteiger partial charge in [-0.25, -0.2) is 0 Å². The molecule has 2 aromatic rings. The van der Waals surface area contributed by atoms with Crippen molar-refractivity contribution in [2.24, 2.45) is 0 Å². The maximum Gasteiger partial charge on any atom is 0.255 e. The fourth-order valence-electron chi connectivity index (χ4n) is 3.02. The highest BCUT2D eigenvalue weighted by molar-refractivity contribution is 5.93. The van der Waals surface area contributed by atoms with Crippen molar-refractivity contribution in [2.75, 3.05) is 20.2 Å². The third-order valence-corrected chi connectivity index (χ3v) is 4.38. The van der Waals surface area contributed by atoms with Gasteiger partial charge >= 0.3 is 0 Å². The summed E-state index contributed by atoms with van der Waals surface area (Å²) in [5.41, 5.74) is 1.46. The first-order valence-corrected chi connectivity index (χ1v) is 7.42. The molecule has 0 N–H and O–H groups in total. The molecule has 5 heteroatoms. The average molecular weight is 297 g/mol. The number of methoxy groups -OCH3 is 1. The van der Waals surface area contributed by atoms with Crippen molar-refractivity contribution in [3.63, 3.8) is 0 Å². The van der Waals surface area contributed by atoms with Gasteiger partial charge in [0.05, 0.1) is 23.6 Å². The maximum atomic E-state index is 12.5. The average Bonchev–Trinajstić information content (AvgIpc) is 2.63. The molecule has 1 amide bonds. The third-order valence-electron chi connectivity index (χ3n) is 4.38. The van der Waals surface area contributed by atoms with Crippen LogP contribution in [0.3, 0.4) is 0 Å². The zero-order valence-electron chi connectivity index (χ0n) is 12.6. The van der Waals surface area contributed by atoms with Crippen molar-refractivity contribution in [1.82, 2.24) is 15.1 Å². The first-order valence-electron chi connectivity index (χ1n) is 7.42. The lowest BCUT2D eigenvalue weighted by Crippen LogP contribution is -2.46. The minimum atomic E-state index is -0.297. The molecule has 1 aromatic heterocycles. The number of nitrogens with zero attached hydrogens (tertiary/aromatic N) is 3. The molecule has 0 atom stereocenters. The number of carbonyl (C=O) groups excluding carboxylic acids is 1. The second-order valence-electron chi connectivity index (χ2n) is 5.49. The fourth-order valence-corrected chi connectivity index (χ4v) is 3.02. The van der Waals surface area contributed by atoms with Crippen LogP contribution in [-0.2, 0) is 10.3 Å². The second-order valence-corrected chi connectivity index (χ2v) is 5.49. The Hall–Kier alpha value is -2.27. The van der Waals surface area contributed by atoms with Gasteiger partial charge in [-0.3, -0.25) is 4.79 Å². The van der Waals surface area contributed by atoms with E-state index in [2.05, 4.69) is 22.3 Å². The van der Waals surface area contributed by atoms with Crippen molar-refractivity contribution in [3.8, 4) is 0 Å². The Balaban J connectivity index is 1.73. The van der Waals surface area contributed by atoms with Gasteiger partial charge in [-0.1, -0.05) is 30.3 Å². The quantitative estimate of drug-likeness (QED) is 0.872. The van der Waals surface area contributed by atoms with Gasteiger partial charge in [0.2, 0.25) is 0 Å². The van der Waals surface area contributed by atoms with Crippen molar-refractivity contribution >= 4 is 5.91 Å². The summed E-state index contributed by atoms with van der Waals surface area (Å²) >= 11 is 0. The van der Waals surface area contributed by atoms with E-state index in [1.807, 2.05) is 23.1 Å². The third kappa shape index (κ3) is 2.72. The molecule has 114 valence electrons. The molecular formula is C17H19N3O2. The SMILES string of the molecule is COC1(c2ccccc2)CCN(C(=O)c2ccnnc2)CC1. The molecular weight excluding hydrogens is 278 g/mol. The summed E-state index contributed by atoms with van der Waals surface area (Å²) in [6, 6.07) is 11.9. The number of amides is 1. The van der Waals surface area contributed by atoms with Crippen LogP contribution in [-0.4, -0.2) is 41.2 Å². The summed E-state index contributed by atoms with van der Waals surface area (Å²) in [5, 5.41) is 7.48. The van der Waals surface area contributed by atoms with Crippen LogP contribution in [0, 0.1) is 0 Å². The zero-order valence-corrected chi connectivity index (χ0v) is 12.6. The Morgan fingerprint density at radius 3 is 2.45 bits per heavy atom. The number of rotatable bonds is 3. The molecule has 0 unspecified atom stereocenters. The molecule has 22 heavy (non-hydrogen) atoms. The molecule has 1 fully saturated rings. The second kappa shape index (κ2) is 6.23. The molecule has 1 saturated heterocycles. The Kier molecular flexibility index (Phi) is 4.15. The molecule has 1 aliphatic rings. The number of ether oxygens (including phenoxy) is 1. The molecule has 1 aromatic carbocycles. The number of benzene rings is 1. The van der Waals surface area contributed by atoms with E-state index >= 15 is 0 Å². The summed E-state index contributed by atoms with van der Waals surface area (Å²) in [4.78, 5) is 14.3. The topological polar surface area (TPSA) is 55.3 Å². The molecule has 1 aliphatic heterocycles. The molecule has 5 nitrogen and oxygen atoms in total. The van der Waals surface area contributed by atoms with Crippen molar-refractivity contribution in [3.05, 3.63) is 59.9 Å². The molecule has 3 rings (SSSR count). The van der Waals surface area contributed by atoms with Gasteiger partial charge in [-0.2, -0.15) is 10.2 Å². The molecule has 0 spiro atoms. The Morgan fingerprint density at radius 1 is 1.14 bits per heavy atom. The summed E-state index contributed by atoms with van der Waals surface area (Å²) < 4.78 is 5.84. The summed E-state index contributed by atoms with van der Waals surface area (Å²) in [6.07, 6.45) is 4.63. The normalized spacial score (nSPS) is 17.2. The zero-order chi connectivity index (χ0) is 15.4. The van der Waals surface area contributed by atoms with Crippen LogP contribution in [0.1, 0.15) is 28.8 Å². The van der Waals surface area contributed by atoms with Crippen LogP contribution < -0.4 is 0 Å². The van der Waals surface area contributed by atoms with Crippen LogP contribution in [0.5, 0.6) is 0 Å². The minimum Gasteiger partial charge on any atom is -0.373 e. The van der Waals surface area contributed by atoms with E-state index in [0.717, 1.165) is 12.8 Å². The van der Waals surface area contributed by atoms with E-state index in [1.54, 1.807) is 19.4 Å². The number of hydrogen-bond acceptors (Lipinski definition) is 4. The predicted octanol–water partition coefficient (Wildman–Crippen LogP) is 2.25. The Morgan fingerprint density at radius 2 is 1.86 bits per heavy atom. The molecule has 2 heterocycles. The van der Waals surface area contributed by atoms with Crippen molar-refractivity contribution < 1.29 is 9.53 Å². The number of piperidine rings is 1. The van der Waals surface area contributed by atoms with E-state index in [9.17, 15) is 4.79 Å². The highest BCUT2D eigenvalue weighted by Crippen LogP contribution is 2.36. The monoisotopic (exact) mass is 297 g/mol. The Bertz CT molecular complexity index is 623. The van der Waals surface area contributed by atoms with Gasteiger partial charge in [-0.15, -0.1) is 0 Å². The standard InChI is InChI=1S/C17H19N3O2/c1-22-17(15-5-3-2-4-6-15)8-11-20(12-9-17)16(21)14-7-10-18-19-13-14/h2-7,10,13H,8-9,11-12H2,1H3. The predicted molar refractivity (Wildman–Crippen MR) is 82.3 cm³/mol. The minimum absolute atomic E-state index is 0.00710. The van der Waals surface area contributed by atoms with E-state index in [1.165, 1.54) is 11.8 Å². The van der Waals surface area contributed by atoms with Crippen molar-refractivity contribution in [1.29, 1.82) is 0 Å². The van der Waals surface area contributed by atoms with Gasteiger partial charge in [0.1, 0.15) is 0 Å². The summed E-state index contributed by atoms with van der Waals surface area (Å²) in [7, 11) is 1.75. The lowest BCUT2D eigenvalue weighted by Gasteiger charge is -2.41. The lowest BCUT2D eigenvalue weighted by molar-refractivity contribution is -0.0574. The van der Waals surface area contributed by atoms with Crippen LogP contribution in [0.15, 0.2) is 48.8 Å². The molecule has 0 saturated carbocycles. The molecule has 0 radical (unpaired) electrons.